The summed E-state index contributed by atoms with van der Waals surface area (Å²) in [6, 6.07) is 5.71. The van der Waals surface area contributed by atoms with Gasteiger partial charge >= 0.3 is 0 Å². The van der Waals surface area contributed by atoms with Gasteiger partial charge in [-0.05, 0) is 44.4 Å². The molecular weight excluding hydrogens is 421 g/mol. The molecular formula is C17H30IN3O3. The van der Waals surface area contributed by atoms with Gasteiger partial charge in [0.2, 0.25) is 0 Å². The molecule has 0 fully saturated rings. The number of nitrogens with two attached hydrogens (primary N) is 1. The Morgan fingerprint density at radius 3 is 2.50 bits per heavy atom. The highest BCUT2D eigenvalue weighted by molar-refractivity contribution is 14.0. The Kier molecular flexibility index (Phi) is 12.4. The summed E-state index contributed by atoms with van der Waals surface area (Å²) in [5, 5.41) is 3.11. The van der Waals surface area contributed by atoms with Crippen molar-refractivity contribution < 1.29 is 14.2 Å². The number of nitrogens with zero attached hydrogens (tertiary/aromatic N) is 1. The maximum Gasteiger partial charge on any atom is 0.188 e. The molecule has 3 N–H and O–H groups in total. The fourth-order valence-electron chi connectivity index (χ4n) is 1.97. The topological polar surface area (TPSA) is 78.1 Å². The lowest BCUT2D eigenvalue weighted by atomic mass is 10.2. The number of methoxy groups -OCH3 is 2. The van der Waals surface area contributed by atoms with Crippen molar-refractivity contribution in [2.45, 2.75) is 39.3 Å². The van der Waals surface area contributed by atoms with E-state index in [2.05, 4.69) is 10.3 Å². The van der Waals surface area contributed by atoms with Gasteiger partial charge in [-0.25, -0.2) is 4.99 Å². The van der Waals surface area contributed by atoms with E-state index in [0.717, 1.165) is 31.6 Å². The van der Waals surface area contributed by atoms with Crippen molar-refractivity contribution in [1.82, 2.24) is 5.32 Å². The zero-order chi connectivity index (χ0) is 17.1. The van der Waals surface area contributed by atoms with Crippen molar-refractivity contribution in [3.63, 3.8) is 0 Å². The molecule has 0 atom stereocenters. The largest absolute Gasteiger partial charge is 0.493 e. The summed E-state index contributed by atoms with van der Waals surface area (Å²) in [5.74, 6) is 1.84. The molecule has 0 radical (unpaired) electrons. The SMILES string of the molecule is COc1ccc(CN=C(N)NCCCCOC(C)C)cc1OC.I. The third-order valence-electron chi connectivity index (χ3n) is 3.21. The zero-order valence-corrected chi connectivity index (χ0v) is 17.3. The van der Waals surface area contributed by atoms with Gasteiger partial charge < -0.3 is 25.3 Å². The van der Waals surface area contributed by atoms with E-state index in [1.165, 1.54) is 0 Å². The predicted molar refractivity (Wildman–Crippen MR) is 109 cm³/mol. The molecule has 0 spiro atoms. The first-order valence-corrected chi connectivity index (χ1v) is 7.93. The third kappa shape index (κ3) is 9.17. The van der Waals surface area contributed by atoms with Crippen LogP contribution in [0.4, 0.5) is 0 Å². The molecule has 0 aliphatic heterocycles. The average molecular weight is 451 g/mol. The van der Waals surface area contributed by atoms with Crippen molar-refractivity contribution >= 4 is 29.9 Å². The second-order valence-corrected chi connectivity index (χ2v) is 5.44. The number of halogens is 1. The summed E-state index contributed by atoms with van der Waals surface area (Å²) < 4.78 is 16.0. The molecule has 0 saturated carbocycles. The van der Waals surface area contributed by atoms with Gasteiger partial charge in [0, 0.05) is 13.2 Å². The number of aliphatic imine (C=N–C) groups is 1. The highest BCUT2D eigenvalue weighted by Crippen LogP contribution is 2.27. The van der Waals surface area contributed by atoms with Crippen LogP contribution in [-0.4, -0.2) is 39.4 Å². The number of hydrogen-bond donors (Lipinski definition) is 2. The number of rotatable bonds is 10. The number of benzene rings is 1. The van der Waals surface area contributed by atoms with E-state index in [1.807, 2.05) is 32.0 Å². The number of unbranched alkanes of at least 4 members (excludes halogenated alkanes) is 1. The van der Waals surface area contributed by atoms with Crippen molar-refractivity contribution in [2.24, 2.45) is 10.7 Å². The number of guanidine groups is 1. The lowest BCUT2D eigenvalue weighted by Crippen LogP contribution is -2.32. The van der Waals surface area contributed by atoms with Gasteiger partial charge in [-0.1, -0.05) is 6.07 Å². The minimum Gasteiger partial charge on any atom is -0.493 e. The smallest absolute Gasteiger partial charge is 0.188 e. The van der Waals surface area contributed by atoms with Crippen LogP contribution in [0, 0.1) is 0 Å². The molecule has 0 amide bonds. The van der Waals surface area contributed by atoms with Crippen LogP contribution < -0.4 is 20.5 Å². The molecule has 1 aromatic carbocycles. The van der Waals surface area contributed by atoms with Gasteiger partial charge in [0.15, 0.2) is 17.5 Å². The van der Waals surface area contributed by atoms with Gasteiger partial charge in [0.1, 0.15) is 0 Å². The van der Waals surface area contributed by atoms with Crippen molar-refractivity contribution in [1.29, 1.82) is 0 Å². The Morgan fingerprint density at radius 1 is 1.17 bits per heavy atom. The standard InChI is InChI=1S/C17H29N3O3.HI/c1-13(2)23-10-6-5-9-19-17(18)20-12-14-7-8-15(21-3)16(11-14)22-4;/h7-8,11,13H,5-6,9-10,12H2,1-4H3,(H3,18,19,20);1H. The molecule has 0 saturated heterocycles. The van der Waals surface area contributed by atoms with Gasteiger partial charge in [0.25, 0.3) is 0 Å². The highest BCUT2D eigenvalue weighted by atomic mass is 127. The van der Waals surface area contributed by atoms with E-state index in [0.29, 0.717) is 24.0 Å². The second kappa shape index (κ2) is 13.1. The van der Waals surface area contributed by atoms with Crippen LogP contribution in [0.15, 0.2) is 23.2 Å². The first-order chi connectivity index (χ1) is 11.1. The number of hydrogen-bond acceptors (Lipinski definition) is 4. The van der Waals surface area contributed by atoms with E-state index in [4.69, 9.17) is 19.9 Å². The first-order valence-electron chi connectivity index (χ1n) is 7.93. The lowest BCUT2D eigenvalue weighted by Gasteiger charge is -2.09. The maximum absolute atomic E-state index is 5.86. The van der Waals surface area contributed by atoms with Crippen LogP contribution in [0.5, 0.6) is 11.5 Å². The predicted octanol–water partition coefficient (Wildman–Crippen LogP) is 2.93. The Bertz CT molecular complexity index is 496. The minimum atomic E-state index is 0. The molecule has 1 rings (SSSR count). The van der Waals surface area contributed by atoms with E-state index >= 15 is 0 Å². The zero-order valence-electron chi connectivity index (χ0n) is 15.0. The van der Waals surface area contributed by atoms with E-state index in [1.54, 1.807) is 14.2 Å². The minimum absolute atomic E-state index is 0. The maximum atomic E-state index is 5.86. The normalized spacial score (nSPS) is 11.1. The summed E-state index contributed by atoms with van der Waals surface area (Å²) in [6.45, 7) is 6.15. The summed E-state index contributed by atoms with van der Waals surface area (Å²) in [4.78, 5) is 4.33. The monoisotopic (exact) mass is 451 g/mol. The van der Waals surface area contributed by atoms with Gasteiger partial charge in [-0.2, -0.15) is 0 Å². The Balaban J connectivity index is 0.00000529. The molecule has 0 unspecified atom stereocenters. The molecule has 138 valence electrons. The summed E-state index contributed by atoms with van der Waals surface area (Å²) >= 11 is 0. The van der Waals surface area contributed by atoms with E-state index in [9.17, 15) is 0 Å². The van der Waals surface area contributed by atoms with Crippen LogP contribution in [0.1, 0.15) is 32.3 Å². The molecule has 0 aliphatic carbocycles. The van der Waals surface area contributed by atoms with Crippen molar-refractivity contribution in [2.75, 3.05) is 27.4 Å². The van der Waals surface area contributed by atoms with Crippen LogP contribution in [0.2, 0.25) is 0 Å². The molecule has 1 aromatic rings. The van der Waals surface area contributed by atoms with Crippen LogP contribution in [-0.2, 0) is 11.3 Å². The molecule has 0 bridgehead atoms. The Hall–Kier alpha value is -1.22. The summed E-state index contributed by atoms with van der Waals surface area (Å²) in [7, 11) is 3.23. The summed E-state index contributed by atoms with van der Waals surface area (Å²) in [5.41, 5.74) is 6.87. The second-order valence-electron chi connectivity index (χ2n) is 5.44. The van der Waals surface area contributed by atoms with Crippen molar-refractivity contribution in [3.8, 4) is 11.5 Å². The molecule has 6 nitrogen and oxygen atoms in total. The Morgan fingerprint density at radius 2 is 1.88 bits per heavy atom. The fourth-order valence-corrected chi connectivity index (χ4v) is 1.97. The van der Waals surface area contributed by atoms with Crippen LogP contribution in [0.25, 0.3) is 0 Å². The fraction of sp³-hybridized carbons (Fsp3) is 0.588. The average Bonchev–Trinajstić information content (AvgIpc) is 2.55. The molecule has 0 aromatic heterocycles. The number of nitrogens with one attached hydrogen (secondary N) is 1. The number of ether oxygens (including phenoxy) is 3. The third-order valence-corrected chi connectivity index (χ3v) is 3.21. The first kappa shape index (κ1) is 22.8. The van der Waals surface area contributed by atoms with Gasteiger partial charge in [-0.3, -0.25) is 0 Å². The lowest BCUT2D eigenvalue weighted by molar-refractivity contribution is 0.0762. The van der Waals surface area contributed by atoms with Crippen LogP contribution >= 0.6 is 24.0 Å². The molecule has 0 heterocycles. The Labute approximate surface area is 162 Å². The summed E-state index contributed by atoms with van der Waals surface area (Å²) in [6.07, 6.45) is 2.30. The highest BCUT2D eigenvalue weighted by Gasteiger charge is 2.04. The van der Waals surface area contributed by atoms with Gasteiger partial charge in [0.05, 0.1) is 26.9 Å². The van der Waals surface area contributed by atoms with Crippen molar-refractivity contribution in [3.05, 3.63) is 23.8 Å². The quantitative estimate of drug-likeness (QED) is 0.248. The molecule has 7 heteroatoms. The van der Waals surface area contributed by atoms with E-state index < -0.39 is 0 Å². The van der Waals surface area contributed by atoms with Crippen LogP contribution in [0.3, 0.4) is 0 Å². The molecule has 24 heavy (non-hydrogen) atoms. The van der Waals surface area contributed by atoms with Gasteiger partial charge in [-0.15, -0.1) is 24.0 Å². The molecule has 0 aliphatic rings. The van der Waals surface area contributed by atoms with E-state index in [-0.39, 0.29) is 30.1 Å².